The van der Waals surface area contributed by atoms with Crippen molar-refractivity contribution in [3.63, 3.8) is 0 Å². The number of hydrogen-bond donors (Lipinski definition) is 2. The molecule has 0 saturated heterocycles. The summed E-state index contributed by atoms with van der Waals surface area (Å²) in [4.78, 5) is 4.38. The molecule has 8 heteroatoms. The molecule has 0 radical (unpaired) electrons. The molecule has 0 aliphatic rings. The summed E-state index contributed by atoms with van der Waals surface area (Å²) < 4.78 is 5.33. The SMILES string of the molecule is COc1ccccc1CNc1nncc(Nc2cc(Cl)cc(Cl)c2)n1. The van der Waals surface area contributed by atoms with Gasteiger partial charge < -0.3 is 15.4 Å². The normalized spacial score (nSPS) is 10.4. The van der Waals surface area contributed by atoms with E-state index in [0.717, 1.165) is 11.3 Å². The fourth-order valence-corrected chi connectivity index (χ4v) is 2.76. The predicted molar refractivity (Wildman–Crippen MR) is 99.9 cm³/mol. The second-order valence-electron chi connectivity index (χ2n) is 5.11. The van der Waals surface area contributed by atoms with E-state index in [1.807, 2.05) is 24.3 Å². The number of nitrogens with one attached hydrogen (secondary N) is 2. The minimum Gasteiger partial charge on any atom is -0.496 e. The van der Waals surface area contributed by atoms with Gasteiger partial charge in [-0.1, -0.05) is 41.4 Å². The van der Waals surface area contributed by atoms with Gasteiger partial charge >= 0.3 is 0 Å². The fraction of sp³-hybridized carbons (Fsp3) is 0.118. The van der Waals surface area contributed by atoms with E-state index in [1.165, 1.54) is 6.20 Å². The summed E-state index contributed by atoms with van der Waals surface area (Å²) in [7, 11) is 1.64. The number of anilines is 3. The van der Waals surface area contributed by atoms with E-state index in [1.54, 1.807) is 25.3 Å². The number of para-hydroxylation sites is 1. The first-order chi connectivity index (χ1) is 12.1. The Morgan fingerprint density at radius 3 is 2.60 bits per heavy atom. The smallest absolute Gasteiger partial charge is 0.244 e. The van der Waals surface area contributed by atoms with Crippen LogP contribution in [0.3, 0.4) is 0 Å². The van der Waals surface area contributed by atoms with Crippen molar-refractivity contribution in [2.75, 3.05) is 17.7 Å². The summed E-state index contributed by atoms with van der Waals surface area (Å²) in [5.74, 6) is 1.71. The minimum absolute atomic E-state index is 0.393. The Morgan fingerprint density at radius 2 is 1.84 bits per heavy atom. The van der Waals surface area contributed by atoms with Gasteiger partial charge in [0.05, 0.1) is 13.3 Å². The van der Waals surface area contributed by atoms with Gasteiger partial charge in [0.2, 0.25) is 5.95 Å². The molecule has 3 rings (SSSR count). The van der Waals surface area contributed by atoms with Gasteiger partial charge in [-0.2, -0.15) is 10.1 Å². The third-order valence-electron chi connectivity index (χ3n) is 3.32. The lowest BCUT2D eigenvalue weighted by Gasteiger charge is -2.10. The molecule has 0 amide bonds. The summed E-state index contributed by atoms with van der Waals surface area (Å²) in [5, 5.41) is 15.2. The van der Waals surface area contributed by atoms with Crippen LogP contribution in [0.25, 0.3) is 0 Å². The molecule has 0 unspecified atom stereocenters. The van der Waals surface area contributed by atoms with Crippen LogP contribution >= 0.6 is 23.2 Å². The van der Waals surface area contributed by atoms with Crippen LogP contribution in [0.15, 0.2) is 48.7 Å². The monoisotopic (exact) mass is 375 g/mol. The molecule has 3 aromatic rings. The van der Waals surface area contributed by atoms with Gasteiger partial charge in [0.25, 0.3) is 0 Å². The van der Waals surface area contributed by atoms with E-state index < -0.39 is 0 Å². The van der Waals surface area contributed by atoms with Gasteiger partial charge in [0.15, 0.2) is 5.82 Å². The molecular weight excluding hydrogens is 361 g/mol. The summed E-state index contributed by atoms with van der Waals surface area (Å²) >= 11 is 12.0. The zero-order valence-corrected chi connectivity index (χ0v) is 14.8. The third-order valence-corrected chi connectivity index (χ3v) is 3.76. The maximum Gasteiger partial charge on any atom is 0.244 e. The first-order valence-corrected chi connectivity index (χ1v) is 8.18. The van der Waals surface area contributed by atoms with Crippen molar-refractivity contribution in [2.24, 2.45) is 0 Å². The molecule has 0 spiro atoms. The number of ether oxygens (including phenoxy) is 1. The number of methoxy groups -OCH3 is 1. The van der Waals surface area contributed by atoms with E-state index in [9.17, 15) is 0 Å². The van der Waals surface area contributed by atoms with Gasteiger partial charge in [0.1, 0.15) is 5.75 Å². The molecule has 2 aromatic carbocycles. The minimum atomic E-state index is 0.393. The van der Waals surface area contributed by atoms with E-state index in [-0.39, 0.29) is 0 Å². The number of halogens is 2. The van der Waals surface area contributed by atoms with Crippen LogP contribution in [-0.4, -0.2) is 22.3 Å². The zero-order valence-electron chi connectivity index (χ0n) is 13.3. The van der Waals surface area contributed by atoms with Crippen molar-refractivity contribution in [3.05, 3.63) is 64.3 Å². The summed E-state index contributed by atoms with van der Waals surface area (Å²) in [6.45, 7) is 0.512. The summed E-state index contributed by atoms with van der Waals surface area (Å²) in [6, 6.07) is 12.9. The van der Waals surface area contributed by atoms with Crippen LogP contribution in [0.5, 0.6) is 5.75 Å². The largest absolute Gasteiger partial charge is 0.496 e. The number of rotatable bonds is 6. The Balaban J connectivity index is 1.71. The molecule has 0 aliphatic heterocycles. The highest BCUT2D eigenvalue weighted by Gasteiger charge is 2.05. The topological polar surface area (TPSA) is 72.0 Å². The van der Waals surface area contributed by atoms with Crippen molar-refractivity contribution in [1.29, 1.82) is 0 Å². The predicted octanol–water partition coefficient (Wildman–Crippen LogP) is 4.54. The van der Waals surface area contributed by atoms with Crippen molar-refractivity contribution >= 4 is 40.7 Å². The number of hydrogen-bond acceptors (Lipinski definition) is 6. The van der Waals surface area contributed by atoms with Gasteiger partial charge in [0, 0.05) is 27.8 Å². The molecule has 6 nitrogen and oxygen atoms in total. The maximum absolute atomic E-state index is 6.00. The van der Waals surface area contributed by atoms with E-state index in [2.05, 4.69) is 25.8 Å². The molecule has 25 heavy (non-hydrogen) atoms. The number of benzene rings is 2. The average Bonchev–Trinajstić information content (AvgIpc) is 2.59. The molecule has 0 saturated carbocycles. The Labute approximate surface area is 155 Å². The molecule has 1 heterocycles. The average molecular weight is 376 g/mol. The van der Waals surface area contributed by atoms with Crippen molar-refractivity contribution < 1.29 is 4.74 Å². The van der Waals surface area contributed by atoms with Crippen LogP contribution in [0.4, 0.5) is 17.5 Å². The van der Waals surface area contributed by atoms with Gasteiger partial charge in [-0.25, -0.2) is 0 Å². The number of aromatic nitrogens is 3. The van der Waals surface area contributed by atoms with Gasteiger partial charge in [-0.05, 0) is 24.3 Å². The maximum atomic E-state index is 6.00. The second kappa shape index (κ2) is 8.00. The van der Waals surface area contributed by atoms with E-state index >= 15 is 0 Å². The highest BCUT2D eigenvalue weighted by molar-refractivity contribution is 6.35. The number of nitrogens with zero attached hydrogens (tertiary/aromatic N) is 3. The first-order valence-electron chi connectivity index (χ1n) is 7.42. The molecule has 0 fully saturated rings. The highest BCUT2D eigenvalue weighted by atomic mass is 35.5. The Morgan fingerprint density at radius 1 is 1.08 bits per heavy atom. The van der Waals surface area contributed by atoms with Crippen LogP contribution in [0, 0.1) is 0 Å². The molecule has 0 aliphatic carbocycles. The van der Waals surface area contributed by atoms with Gasteiger partial charge in [-0.3, -0.25) is 0 Å². The summed E-state index contributed by atoms with van der Waals surface area (Å²) in [5.41, 5.74) is 1.71. The molecule has 128 valence electrons. The van der Waals surface area contributed by atoms with Crippen molar-refractivity contribution in [1.82, 2.24) is 15.2 Å². The zero-order chi connectivity index (χ0) is 17.6. The lowest BCUT2D eigenvalue weighted by atomic mass is 10.2. The van der Waals surface area contributed by atoms with Crippen LogP contribution < -0.4 is 15.4 Å². The lowest BCUT2D eigenvalue weighted by molar-refractivity contribution is 0.410. The van der Waals surface area contributed by atoms with Crippen LogP contribution in [0.2, 0.25) is 10.0 Å². The van der Waals surface area contributed by atoms with E-state index in [4.69, 9.17) is 27.9 Å². The Kier molecular flexibility index (Phi) is 5.53. The third kappa shape index (κ3) is 4.71. The van der Waals surface area contributed by atoms with Crippen LogP contribution in [-0.2, 0) is 6.54 Å². The van der Waals surface area contributed by atoms with Crippen LogP contribution in [0.1, 0.15) is 5.56 Å². The molecule has 2 N–H and O–H groups in total. The summed E-state index contributed by atoms with van der Waals surface area (Å²) in [6.07, 6.45) is 1.52. The lowest BCUT2D eigenvalue weighted by Crippen LogP contribution is -2.07. The fourth-order valence-electron chi connectivity index (χ4n) is 2.24. The highest BCUT2D eigenvalue weighted by Crippen LogP contribution is 2.24. The Hall–Kier alpha value is -2.57. The molecule has 0 bridgehead atoms. The standard InChI is InChI=1S/C17H15Cl2N5O/c1-25-15-5-3-2-4-11(15)9-20-17-23-16(10-21-24-17)22-14-7-12(18)6-13(19)8-14/h2-8,10H,9H2,1H3,(H2,20,22,23,24). The van der Waals surface area contributed by atoms with Crippen molar-refractivity contribution in [2.45, 2.75) is 6.54 Å². The molecule has 0 atom stereocenters. The molecular formula is C17H15Cl2N5O. The second-order valence-corrected chi connectivity index (χ2v) is 5.99. The van der Waals surface area contributed by atoms with Crippen molar-refractivity contribution in [3.8, 4) is 5.75 Å². The van der Waals surface area contributed by atoms with Gasteiger partial charge in [-0.15, -0.1) is 5.10 Å². The van der Waals surface area contributed by atoms with E-state index in [0.29, 0.717) is 34.0 Å². The quantitative estimate of drug-likeness (QED) is 0.658. The first kappa shape index (κ1) is 17.3. The Bertz CT molecular complexity index is 855. The molecule has 1 aromatic heterocycles.